The summed E-state index contributed by atoms with van der Waals surface area (Å²) in [5.74, 6) is 0.111. The molecular formula is C20H32N2O2. The molecular weight excluding hydrogens is 300 g/mol. The predicted octanol–water partition coefficient (Wildman–Crippen LogP) is 3.32. The number of likely N-dealkylation sites (N-methyl/N-ethyl adjacent to an activating group) is 1. The molecule has 0 N–H and O–H groups in total. The van der Waals surface area contributed by atoms with Crippen LogP contribution in [0.1, 0.15) is 45.6 Å². The molecule has 1 amide bonds. The summed E-state index contributed by atoms with van der Waals surface area (Å²) in [6.07, 6.45) is 3.40. The fourth-order valence-electron chi connectivity index (χ4n) is 3.20. The summed E-state index contributed by atoms with van der Waals surface area (Å²) in [6, 6.07) is 10.6. The fourth-order valence-corrected chi connectivity index (χ4v) is 3.20. The van der Waals surface area contributed by atoms with Crippen molar-refractivity contribution in [3.05, 3.63) is 35.9 Å². The van der Waals surface area contributed by atoms with Crippen molar-refractivity contribution in [2.24, 2.45) is 0 Å². The first-order valence-corrected chi connectivity index (χ1v) is 9.22. The third-order valence-electron chi connectivity index (χ3n) is 4.71. The maximum Gasteiger partial charge on any atom is 0.254 e. The van der Waals surface area contributed by atoms with Gasteiger partial charge in [0.15, 0.2) is 0 Å². The third kappa shape index (κ3) is 5.60. The van der Waals surface area contributed by atoms with Gasteiger partial charge in [0.2, 0.25) is 0 Å². The highest BCUT2D eigenvalue weighted by Crippen LogP contribution is 2.16. The first kappa shape index (κ1) is 18.9. The Kier molecular flexibility index (Phi) is 7.25. The second-order valence-electron chi connectivity index (χ2n) is 7.07. The van der Waals surface area contributed by atoms with Crippen molar-refractivity contribution < 1.29 is 9.53 Å². The van der Waals surface area contributed by atoms with Gasteiger partial charge in [0.05, 0.1) is 6.61 Å². The van der Waals surface area contributed by atoms with Crippen molar-refractivity contribution in [3.8, 4) is 0 Å². The summed E-state index contributed by atoms with van der Waals surface area (Å²) < 4.78 is 5.98. The Bertz CT molecular complexity index is 502. The Hall–Kier alpha value is -1.39. The van der Waals surface area contributed by atoms with Crippen molar-refractivity contribution in [2.45, 2.75) is 52.2 Å². The molecule has 2 rings (SSSR count). The van der Waals surface area contributed by atoms with Crippen molar-refractivity contribution in [1.82, 2.24) is 9.80 Å². The molecule has 1 heterocycles. The fraction of sp³-hybridized carbons (Fsp3) is 0.650. The van der Waals surface area contributed by atoms with Gasteiger partial charge in [0.25, 0.3) is 5.91 Å². The summed E-state index contributed by atoms with van der Waals surface area (Å²) in [4.78, 5) is 17.0. The molecule has 0 aromatic heterocycles. The van der Waals surface area contributed by atoms with Crippen LogP contribution in [0, 0.1) is 0 Å². The molecule has 24 heavy (non-hydrogen) atoms. The van der Waals surface area contributed by atoms with Crippen LogP contribution in [0.3, 0.4) is 0 Å². The highest BCUT2D eigenvalue weighted by molar-refractivity contribution is 5.84. The normalized spacial score (nSPS) is 21.1. The molecule has 1 aliphatic rings. The second-order valence-corrected chi connectivity index (χ2v) is 7.07. The van der Waals surface area contributed by atoms with E-state index in [0.29, 0.717) is 6.61 Å². The molecule has 0 bridgehead atoms. The molecule has 0 saturated carbocycles. The Morgan fingerprint density at radius 3 is 2.46 bits per heavy atom. The first-order valence-electron chi connectivity index (χ1n) is 9.22. The minimum atomic E-state index is -0.742. The van der Waals surface area contributed by atoms with Crippen LogP contribution in [0.15, 0.2) is 30.3 Å². The number of rotatable bonds is 3. The SMILES string of the molecule is CCN1CCCCCN(Cc2ccccc2)CCOC(C)(C)C1=O. The van der Waals surface area contributed by atoms with Crippen LogP contribution >= 0.6 is 0 Å². The molecule has 0 radical (unpaired) electrons. The zero-order valence-corrected chi connectivity index (χ0v) is 15.5. The van der Waals surface area contributed by atoms with Gasteiger partial charge < -0.3 is 9.64 Å². The standard InChI is InChI=1S/C20H32N2O2/c1-4-22-14-10-6-9-13-21(17-18-11-7-5-8-12-18)15-16-24-20(2,3)19(22)23/h5,7-8,11-12H,4,6,9-10,13-17H2,1-3H3. The van der Waals surface area contributed by atoms with E-state index < -0.39 is 5.60 Å². The summed E-state index contributed by atoms with van der Waals surface area (Å²) in [7, 11) is 0. The van der Waals surface area contributed by atoms with Crippen molar-refractivity contribution in [2.75, 3.05) is 32.8 Å². The van der Waals surface area contributed by atoms with Gasteiger partial charge >= 0.3 is 0 Å². The molecule has 4 nitrogen and oxygen atoms in total. The number of nitrogens with zero attached hydrogens (tertiary/aromatic N) is 2. The number of amides is 1. The van der Waals surface area contributed by atoms with E-state index in [-0.39, 0.29) is 5.91 Å². The number of benzene rings is 1. The lowest BCUT2D eigenvalue weighted by atomic mass is 10.1. The Labute approximate surface area is 146 Å². The minimum absolute atomic E-state index is 0.111. The average molecular weight is 332 g/mol. The van der Waals surface area contributed by atoms with E-state index in [1.165, 1.54) is 12.0 Å². The molecule has 1 aromatic carbocycles. The largest absolute Gasteiger partial charge is 0.364 e. The molecule has 4 heteroatoms. The van der Waals surface area contributed by atoms with Gasteiger partial charge in [-0.05, 0) is 45.7 Å². The molecule has 1 aromatic rings. The Morgan fingerprint density at radius 1 is 1.04 bits per heavy atom. The molecule has 1 saturated heterocycles. The van der Waals surface area contributed by atoms with E-state index in [4.69, 9.17) is 4.74 Å². The van der Waals surface area contributed by atoms with Crippen LogP contribution in [-0.4, -0.2) is 54.1 Å². The molecule has 0 unspecified atom stereocenters. The van der Waals surface area contributed by atoms with Crippen molar-refractivity contribution >= 4 is 5.91 Å². The van der Waals surface area contributed by atoms with E-state index in [9.17, 15) is 4.79 Å². The topological polar surface area (TPSA) is 32.8 Å². The summed E-state index contributed by atoms with van der Waals surface area (Å²) in [6.45, 7) is 10.9. The molecule has 134 valence electrons. The molecule has 1 fully saturated rings. The van der Waals surface area contributed by atoms with Gasteiger partial charge in [0, 0.05) is 26.2 Å². The van der Waals surface area contributed by atoms with E-state index in [1.807, 2.05) is 25.7 Å². The van der Waals surface area contributed by atoms with Crippen molar-refractivity contribution in [3.63, 3.8) is 0 Å². The van der Waals surface area contributed by atoms with Gasteiger partial charge in [-0.25, -0.2) is 0 Å². The van der Waals surface area contributed by atoms with Crippen LogP contribution < -0.4 is 0 Å². The average Bonchev–Trinajstić information content (AvgIpc) is 2.57. The molecule has 0 atom stereocenters. The lowest BCUT2D eigenvalue weighted by Crippen LogP contribution is -2.48. The van der Waals surface area contributed by atoms with E-state index in [1.54, 1.807) is 0 Å². The number of hydrogen-bond acceptors (Lipinski definition) is 3. The molecule has 0 spiro atoms. The van der Waals surface area contributed by atoms with Gasteiger partial charge in [-0.15, -0.1) is 0 Å². The number of carbonyl (C=O) groups excluding carboxylic acids is 1. The van der Waals surface area contributed by atoms with Crippen LogP contribution in [0.5, 0.6) is 0 Å². The van der Waals surface area contributed by atoms with Crippen LogP contribution in [0.25, 0.3) is 0 Å². The smallest absolute Gasteiger partial charge is 0.254 e. The summed E-state index contributed by atoms with van der Waals surface area (Å²) >= 11 is 0. The highest BCUT2D eigenvalue weighted by atomic mass is 16.5. The molecule has 1 aliphatic heterocycles. The van der Waals surface area contributed by atoms with E-state index in [2.05, 4.69) is 35.2 Å². The third-order valence-corrected chi connectivity index (χ3v) is 4.71. The Morgan fingerprint density at radius 2 is 1.75 bits per heavy atom. The van der Waals surface area contributed by atoms with Gasteiger partial charge in [-0.1, -0.05) is 36.8 Å². The predicted molar refractivity (Wildman–Crippen MR) is 97.9 cm³/mol. The van der Waals surface area contributed by atoms with Crippen LogP contribution in [0.2, 0.25) is 0 Å². The number of hydrogen-bond donors (Lipinski definition) is 0. The first-order chi connectivity index (χ1) is 11.5. The lowest BCUT2D eigenvalue weighted by Gasteiger charge is -2.33. The van der Waals surface area contributed by atoms with E-state index >= 15 is 0 Å². The Balaban J connectivity index is 1.99. The summed E-state index contributed by atoms with van der Waals surface area (Å²) in [5, 5.41) is 0. The quantitative estimate of drug-likeness (QED) is 0.851. The monoisotopic (exact) mass is 332 g/mol. The highest BCUT2D eigenvalue weighted by Gasteiger charge is 2.32. The summed E-state index contributed by atoms with van der Waals surface area (Å²) in [5.41, 5.74) is 0.588. The second kappa shape index (κ2) is 9.19. The van der Waals surface area contributed by atoms with E-state index in [0.717, 1.165) is 45.6 Å². The van der Waals surface area contributed by atoms with Gasteiger partial charge in [0.1, 0.15) is 5.60 Å². The molecule has 0 aliphatic carbocycles. The number of ether oxygens (including phenoxy) is 1. The van der Waals surface area contributed by atoms with Gasteiger partial charge in [-0.2, -0.15) is 0 Å². The van der Waals surface area contributed by atoms with Crippen LogP contribution in [0.4, 0.5) is 0 Å². The van der Waals surface area contributed by atoms with Gasteiger partial charge in [-0.3, -0.25) is 9.69 Å². The maximum atomic E-state index is 12.7. The van der Waals surface area contributed by atoms with Crippen molar-refractivity contribution in [1.29, 1.82) is 0 Å². The minimum Gasteiger partial charge on any atom is -0.364 e. The zero-order valence-electron chi connectivity index (χ0n) is 15.5. The number of carbonyl (C=O) groups is 1. The maximum absolute atomic E-state index is 12.7. The zero-order chi connectivity index (χ0) is 17.4. The van der Waals surface area contributed by atoms with Crippen LogP contribution in [-0.2, 0) is 16.1 Å². The lowest BCUT2D eigenvalue weighted by molar-refractivity contribution is -0.154.